The predicted molar refractivity (Wildman–Crippen MR) is 122 cm³/mol. The van der Waals surface area contributed by atoms with Crippen molar-refractivity contribution in [1.29, 1.82) is 0 Å². The summed E-state index contributed by atoms with van der Waals surface area (Å²) in [5, 5.41) is 2.78. The normalized spacial score (nSPS) is 14.6. The number of H-pyrrole nitrogens is 1. The number of likely N-dealkylation sites (N-methyl/N-ethyl adjacent to an activating group) is 1. The second kappa shape index (κ2) is 8.82. The van der Waals surface area contributed by atoms with E-state index in [2.05, 4.69) is 42.1 Å². The van der Waals surface area contributed by atoms with Crippen molar-refractivity contribution in [2.24, 2.45) is 0 Å². The molecule has 0 saturated carbocycles. The zero-order chi connectivity index (χ0) is 23.8. The number of halogens is 3. The summed E-state index contributed by atoms with van der Waals surface area (Å²) in [6.45, 7) is 5.41. The standard InChI is InChI=1S/C23H22F3N7O/c1-13-9-15-19(25)17(10-16(24)21(15)30-13)34-23-20(26)22(28-12-29-23)31-18-4-3-14(11-27-18)33-7-5-32(2)6-8-33/h3-4,9-12,30H,5-8H2,1-2H3,(H,27,28,29,31). The van der Waals surface area contributed by atoms with Crippen LogP contribution in [0.1, 0.15) is 5.69 Å². The highest BCUT2D eigenvalue weighted by Gasteiger charge is 2.20. The van der Waals surface area contributed by atoms with Crippen LogP contribution in [0.3, 0.4) is 0 Å². The molecule has 1 aliphatic rings. The first kappa shape index (κ1) is 22.0. The first-order valence-corrected chi connectivity index (χ1v) is 10.7. The van der Waals surface area contributed by atoms with Crippen molar-refractivity contribution in [2.75, 3.05) is 43.4 Å². The first-order chi connectivity index (χ1) is 16.4. The van der Waals surface area contributed by atoms with Crippen LogP contribution in [0.2, 0.25) is 0 Å². The lowest BCUT2D eigenvalue weighted by Crippen LogP contribution is -2.44. The van der Waals surface area contributed by atoms with Gasteiger partial charge in [0.05, 0.1) is 17.4 Å². The quantitative estimate of drug-likeness (QED) is 0.449. The van der Waals surface area contributed by atoms with Gasteiger partial charge in [-0.15, -0.1) is 0 Å². The van der Waals surface area contributed by atoms with Crippen molar-refractivity contribution in [3.8, 4) is 11.6 Å². The Balaban J connectivity index is 1.35. The SMILES string of the molecule is Cc1cc2c(F)c(Oc3ncnc(Nc4ccc(N5CCN(C)CC5)cn4)c3F)cc(F)c2[nH]1. The van der Waals surface area contributed by atoms with E-state index in [4.69, 9.17) is 4.74 Å². The van der Waals surface area contributed by atoms with Gasteiger partial charge in [0.2, 0.25) is 5.82 Å². The van der Waals surface area contributed by atoms with Crippen molar-refractivity contribution >= 4 is 28.2 Å². The molecule has 0 spiro atoms. The van der Waals surface area contributed by atoms with E-state index < -0.39 is 29.1 Å². The summed E-state index contributed by atoms with van der Waals surface area (Å²) in [4.78, 5) is 19.2. The minimum Gasteiger partial charge on any atom is -0.433 e. The summed E-state index contributed by atoms with van der Waals surface area (Å²) in [5.41, 5.74) is 1.56. The minimum atomic E-state index is -0.961. The van der Waals surface area contributed by atoms with Gasteiger partial charge >= 0.3 is 0 Å². The number of aromatic nitrogens is 4. The van der Waals surface area contributed by atoms with Crippen molar-refractivity contribution in [3.05, 3.63) is 59.9 Å². The topological polar surface area (TPSA) is 82.2 Å². The van der Waals surface area contributed by atoms with Crippen molar-refractivity contribution in [1.82, 2.24) is 24.8 Å². The summed E-state index contributed by atoms with van der Waals surface area (Å²) in [6, 6.07) is 5.90. The molecule has 5 rings (SSSR count). The average molecular weight is 469 g/mol. The van der Waals surface area contributed by atoms with Crippen LogP contribution in [0.25, 0.3) is 10.9 Å². The van der Waals surface area contributed by atoms with Crippen molar-refractivity contribution < 1.29 is 17.9 Å². The zero-order valence-electron chi connectivity index (χ0n) is 18.6. The molecule has 0 unspecified atom stereocenters. The number of fused-ring (bicyclic) bond motifs is 1. The van der Waals surface area contributed by atoms with Gasteiger partial charge in [-0.1, -0.05) is 0 Å². The molecule has 34 heavy (non-hydrogen) atoms. The van der Waals surface area contributed by atoms with Crippen LogP contribution in [0.5, 0.6) is 11.6 Å². The number of rotatable bonds is 5. The Kier molecular flexibility index (Phi) is 5.70. The molecule has 1 aromatic carbocycles. The lowest BCUT2D eigenvalue weighted by atomic mass is 10.2. The maximum atomic E-state index is 15.0. The zero-order valence-corrected chi connectivity index (χ0v) is 18.6. The molecule has 1 fully saturated rings. The van der Waals surface area contributed by atoms with Crippen molar-refractivity contribution in [2.45, 2.75) is 6.92 Å². The number of piperazine rings is 1. The molecule has 1 aliphatic heterocycles. The molecule has 176 valence electrons. The van der Waals surface area contributed by atoms with Gasteiger partial charge < -0.3 is 24.8 Å². The molecule has 0 amide bonds. The summed E-state index contributed by atoms with van der Waals surface area (Å²) in [7, 11) is 2.08. The Labute approximate surface area is 193 Å². The number of aromatic amines is 1. The largest absolute Gasteiger partial charge is 0.433 e. The number of nitrogens with one attached hydrogen (secondary N) is 2. The van der Waals surface area contributed by atoms with Crippen LogP contribution in [-0.2, 0) is 0 Å². The van der Waals surface area contributed by atoms with E-state index >= 15 is 4.39 Å². The number of aryl methyl sites for hydroxylation is 1. The molecule has 4 heterocycles. The molecule has 2 N–H and O–H groups in total. The number of pyridine rings is 1. The van der Waals surface area contributed by atoms with E-state index in [1.165, 1.54) is 6.07 Å². The van der Waals surface area contributed by atoms with E-state index in [1.54, 1.807) is 19.2 Å². The average Bonchev–Trinajstić information content (AvgIpc) is 3.23. The fourth-order valence-electron chi connectivity index (χ4n) is 3.86. The Hall–Kier alpha value is -3.86. The molecular weight excluding hydrogens is 447 g/mol. The molecule has 8 nitrogen and oxygen atoms in total. The monoisotopic (exact) mass is 469 g/mol. The second-order valence-corrected chi connectivity index (χ2v) is 8.17. The van der Waals surface area contributed by atoms with Gasteiger partial charge in [-0.2, -0.15) is 9.37 Å². The van der Waals surface area contributed by atoms with Gasteiger partial charge in [0.15, 0.2) is 23.2 Å². The van der Waals surface area contributed by atoms with Crippen molar-refractivity contribution in [3.63, 3.8) is 0 Å². The number of ether oxygens (including phenoxy) is 1. The molecule has 0 radical (unpaired) electrons. The molecule has 0 atom stereocenters. The third kappa shape index (κ3) is 4.21. The van der Waals surface area contributed by atoms with Gasteiger partial charge in [0.25, 0.3) is 5.88 Å². The van der Waals surface area contributed by atoms with Gasteiger partial charge in [0.1, 0.15) is 12.1 Å². The number of nitrogens with zero attached hydrogens (tertiary/aromatic N) is 5. The molecule has 11 heteroatoms. The minimum absolute atomic E-state index is 0.00459. The number of anilines is 3. The van der Waals surface area contributed by atoms with Crippen LogP contribution in [0, 0.1) is 24.4 Å². The van der Waals surface area contributed by atoms with Gasteiger partial charge in [-0.05, 0) is 32.2 Å². The lowest BCUT2D eigenvalue weighted by molar-refractivity contribution is 0.313. The van der Waals surface area contributed by atoms with Crippen LogP contribution in [-0.4, -0.2) is 58.1 Å². The van der Waals surface area contributed by atoms with Crippen LogP contribution in [0.15, 0.2) is 36.8 Å². The number of hydrogen-bond donors (Lipinski definition) is 2. The smallest absolute Gasteiger partial charge is 0.261 e. The van der Waals surface area contributed by atoms with E-state index in [9.17, 15) is 8.78 Å². The highest BCUT2D eigenvalue weighted by molar-refractivity contribution is 5.83. The highest BCUT2D eigenvalue weighted by Crippen LogP contribution is 2.34. The fourth-order valence-corrected chi connectivity index (χ4v) is 3.86. The first-order valence-electron chi connectivity index (χ1n) is 10.7. The Bertz CT molecular complexity index is 1330. The second-order valence-electron chi connectivity index (χ2n) is 8.17. The molecule has 4 aromatic rings. The third-order valence-electron chi connectivity index (χ3n) is 5.73. The van der Waals surface area contributed by atoms with Gasteiger partial charge in [-0.3, -0.25) is 0 Å². The maximum Gasteiger partial charge on any atom is 0.261 e. The summed E-state index contributed by atoms with van der Waals surface area (Å²) in [5.74, 6) is -3.38. The number of benzene rings is 1. The van der Waals surface area contributed by atoms with Crippen LogP contribution in [0.4, 0.5) is 30.5 Å². The van der Waals surface area contributed by atoms with E-state index in [-0.39, 0.29) is 16.7 Å². The Morgan fingerprint density at radius 1 is 1.00 bits per heavy atom. The Morgan fingerprint density at radius 3 is 2.53 bits per heavy atom. The molecule has 3 aromatic heterocycles. The summed E-state index contributed by atoms with van der Waals surface area (Å²) >= 11 is 0. The summed E-state index contributed by atoms with van der Waals surface area (Å²) in [6.07, 6.45) is 2.77. The fraction of sp³-hybridized carbons (Fsp3) is 0.261. The molecular formula is C23H22F3N7O. The summed E-state index contributed by atoms with van der Waals surface area (Å²) < 4.78 is 49.5. The van der Waals surface area contributed by atoms with E-state index in [0.717, 1.165) is 44.3 Å². The maximum absolute atomic E-state index is 15.0. The van der Waals surface area contributed by atoms with Crippen LogP contribution < -0.4 is 15.0 Å². The van der Waals surface area contributed by atoms with E-state index in [1.807, 2.05) is 6.07 Å². The van der Waals surface area contributed by atoms with Gasteiger partial charge in [-0.25, -0.2) is 18.7 Å². The molecule has 0 bridgehead atoms. The molecule has 0 aliphatic carbocycles. The highest BCUT2D eigenvalue weighted by atomic mass is 19.1. The lowest BCUT2D eigenvalue weighted by Gasteiger charge is -2.33. The van der Waals surface area contributed by atoms with Gasteiger partial charge in [0, 0.05) is 43.3 Å². The Morgan fingerprint density at radius 2 is 1.79 bits per heavy atom. The number of hydrogen-bond acceptors (Lipinski definition) is 7. The van der Waals surface area contributed by atoms with Crippen LogP contribution >= 0.6 is 0 Å². The van der Waals surface area contributed by atoms with E-state index in [0.29, 0.717) is 11.5 Å². The third-order valence-corrected chi connectivity index (χ3v) is 5.73. The molecule has 1 saturated heterocycles. The predicted octanol–water partition coefficient (Wildman–Crippen LogP) is 4.37.